The van der Waals surface area contributed by atoms with Crippen molar-refractivity contribution in [1.29, 1.82) is 0 Å². The highest BCUT2D eigenvalue weighted by Crippen LogP contribution is 2.23. The summed E-state index contributed by atoms with van der Waals surface area (Å²) in [6, 6.07) is 15.8. The maximum Gasteiger partial charge on any atom is 0.230 e. The molecular weight excluding hydrogens is 418 g/mol. The van der Waals surface area contributed by atoms with E-state index in [1.807, 2.05) is 31.2 Å². The number of carbonyl (C=O) groups is 1. The van der Waals surface area contributed by atoms with Crippen LogP contribution in [0.2, 0.25) is 0 Å². The molecule has 1 amide bonds. The van der Waals surface area contributed by atoms with Crippen molar-refractivity contribution >= 4 is 29.4 Å². The van der Waals surface area contributed by atoms with Gasteiger partial charge in [0.25, 0.3) is 0 Å². The van der Waals surface area contributed by atoms with Crippen LogP contribution in [0.4, 0.5) is 0 Å². The van der Waals surface area contributed by atoms with Crippen LogP contribution in [0.3, 0.4) is 0 Å². The van der Waals surface area contributed by atoms with Crippen molar-refractivity contribution in [2.45, 2.75) is 23.9 Å². The Bertz CT molecular complexity index is 959. The van der Waals surface area contributed by atoms with Crippen LogP contribution in [-0.2, 0) is 4.79 Å². The summed E-state index contributed by atoms with van der Waals surface area (Å²) in [5.74, 6) is 8.43. The third kappa shape index (κ3) is 6.17. The second kappa shape index (κ2) is 10.9. The van der Waals surface area contributed by atoms with Gasteiger partial charge in [-0.2, -0.15) is 0 Å². The maximum atomic E-state index is 12.1. The minimum atomic E-state index is -0.0601. The Labute approximate surface area is 184 Å². The Balaban J connectivity index is 1.44. The molecule has 0 aliphatic heterocycles. The first-order chi connectivity index (χ1) is 14.6. The summed E-state index contributed by atoms with van der Waals surface area (Å²) in [4.78, 5) is 13.3. The molecule has 9 heteroatoms. The quantitative estimate of drug-likeness (QED) is 0.282. The lowest BCUT2D eigenvalue weighted by atomic mass is 10.2. The lowest BCUT2D eigenvalue weighted by Gasteiger charge is -2.06. The summed E-state index contributed by atoms with van der Waals surface area (Å²) in [5, 5.41) is 11.7. The molecular formula is C21H25N5O2S2. The van der Waals surface area contributed by atoms with E-state index < -0.39 is 0 Å². The van der Waals surface area contributed by atoms with Crippen molar-refractivity contribution < 1.29 is 9.53 Å². The Morgan fingerprint density at radius 1 is 1.10 bits per heavy atom. The SMILES string of the molecule is CCOc1ccc(-c2nnc(SCC(=O)NCCSc3ccc(C)cc3)n2N)cc1. The van der Waals surface area contributed by atoms with Crippen molar-refractivity contribution in [1.82, 2.24) is 20.2 Å². The monoisotopic (exact) mass is 443 g/mol. The number of nitrogen functional groups attached to an aromatic ring is 1. The molecule has 158 valence electrons. The second-order valence-electron chi connectivity index (χ2n) is 6.43. The molecule has 7 nitrogen and oxygen atoms in total. The molecule has 30 heavy (non-hydrogen) atoms. The Kier molecular flexibility index (Phi) is 8.04. The molecule has 1 heterocycles. The molecule has 3 aromatic rings. The van der Waals surface area contributed by atoms with E-state index in [2.05, 4.69) is 46.7 Å². The van der Waals surface area contributed by atoms with Crippen LogP contribution in [-0.4, -0.2) is 45.4 Å². The van der Waals surface area contributed by atoms with Crippen LogP contribution in [0.25, 0.3) is 11.4 Å². The Hall–Kier alpha value is -2.65. The molecule has 3 rings (SSSR count). The third-order valence-corrected chi connectivity index (χ3v) is 6.09. The molecule has 0 spiro atoms. The fourth-order valence-corrected chi connectivity index (χ4v) is 4.07. The van der Waals surface area contributed by atoms with Crippen LogP contribution in [0.5, 0.6) is 5.75 Å². The molecule has 0 aliphatic rings. The molecule has 0 saturated carbocycles. The van der Waals surface area contributed by atoms with E-state index in [1.54, 1.807) is 11.8 Å². The zero-order chi connectivity index (χ0) is 21.3. The van der Waals surface area contributed by atoms with Crippen LogP contribution in [0, 0.1) is 6.92 Å². The highest BCUT2D eigenvalue weighted by molar-refractivity contribution is 7.99. The number of aryl methyl sites for hydroxylation is 1. The topological polar surface area (TPSA) is 95.1 Å². The molecule has 0 bridgehead atoms. The number of rotatable bonds is 10. The highest BCUT2D eigenvalue weighted by atomic mass is 32.2. The largest absolute Gasteiger partial charge is 0.494 e. The summed E-state index contributed by atoms with van der Waals surface area (Å²) in [7, 11) is 0. The van der Waals surface area contributed by atoms with Gasteiger partial charge < -0.3 is 15.9 Å². The lowest BCUT2D eigenvalue weighted by molar-refractivity contribution is -0.118. The Morgan fingerprint density at radius 2 is 1.83 bits per heavy atom. The van der Waals surface area contributed by atoms with Gasteiger partial charge in [-0.05, 0) is 50.2 Å². The molecule has 2 aromatic carbocycles. The predicted octanol–water partition coefficient (Wildman–Crippen LogP) is 3.37. The highest BCUT2D eigenvalue weighted by Gasteiger charge is 2.14. The van der Waals surface area contributed by atoms with E-state index in [9.17, 15) is 4.79 Å². The van der Waals surface area contributed by atoms with Gasteiger partial charge in [0.1, 0.15) is 5.75 Å². The van der Waals surface area contributed by atoms with Gasteiger partial charge in [0.15, 0.2) is 5.82 Å². The first-order valence-electron chi connectivity index (χ1n) is 9.59. The summed E-state index contributed by atoms with van der Waals surface area (Å²) in [6.45, 7) is 5.22. The Morgan fingerprint density at radius 3 is 2.53 bits per heavy atom. The van der Waals surface area contributed by atoms with Crippen molar-refractivity contribution in [3.05, 3.63) is 54.1 Å². The molecule has 0 atom stereocenters. The summed E-state index contributed by atoms with van der Waals surface area (Å²) < 4.78 is 6.85. The van der Waals surface area contributed by atoms with E-state index in [4.69, 9.17) is 10.6 Å². The van der Waals surface area contributed by atoms with E-state index in [0.29, 0.717) is 24.1 Å². The van der Waals surface area contributed by atoms with Crippen molar-refractivity contribution in [2.24, 2.45) is 0 Å². The van der Waals surface area contributed by atoms with Crippen molar-refractivity contribution in [3.8, 4) is 17.1 Å². The van der Waals surface area contributed by atoms with Gasteiger partial charge in [-0.3, -0.25) is 4.79 Å². The number of amides is 1. The molecule has 3 N–H and O–H groups in total. The van der Waals surface area contributed by atoms with Gasteiger partial charge in [-0.25, -0.2) is 4.68 Å². The second-order valence-corrected chi connectivity index (χ2v) is 8.54. The van der Waals surface area contributed by atoms with Gasteiger partial charge in [0.2, 0.25) is 11.1 Å². The average molecular weight is 444 g/mol. The van der Waals surface area contributed by atoms with Crippen LogP contribution in [0.1, 0.15) is 12.5 Å². The van der Waals surface area contributed by atoms with Gasteiger partial charge in [-0.1, -0.05) is 29.5 Å². The van der Waals surface area contributed by atoms with E-state index >= 15 is 0 Å². The van der Waals surface area contributed by atoms with Gasteiger partial charge >= 0.3 is 0 Å². The number of ether oxygens (including phenoxy) is 1. The number of nitrogens with zero attached hydrogens (tertiary/aromatic N) is 3. The van der Waals surface area contributed by atoms with Crippen molar-refractivity contribution in [3.63, 3.8) is 0 Å². The first kappa shape index (κ1) is 22.0. The number of aromatic nitrogens is 3. The molecule has 0 fully saturated rings. The standard InChI is InChI=1S/C21H25N5O2S2/c1-3-28-17-8-6-16(7-9-17)20-24-25-21(26(20)22)30-14-19(27)23-12-13-29-18-10-4-15(2)5-11-18/h4-11H,3,12-14,22H2,1-2H3,(H,23,27). The number of nitrogens with one attached hydrogen (secondary N) is 1. The first-order valence-corrected chi connectivity index (χ1v) is 11.6. The van der Waals surface area contributed by atoms with Crippen LogP contribution >= 0.6 is 23.5 Å². The number of hydrogen-bond acceptors (Lipinski definition) is 7. The van der Waals surface area contributed by atoms with E-state index in [-0.39, 0.29) is 11.7 Å². The fraction of sp³-hybridized carbons (Fsp3) is 0.286. The number of carbonyl (C=O) groups excluding carboxylic acids is 1. The number of hydrogen-bond donors (Lipinski definition) is 2. The molecule has 1 aromatic heterocycles. The molecule has 0 saturated heterocycles. The average Bonchev–Trinajstić information content (AvgIpc) is 3.12. The zero-order valence-corrected chi connectivity index (χ0v) is 18.6. The van der Waals surface area contributed by atoms with Crippen molar-refractivity contribution in [2.75, 3.05) is 30.5 Å². The number of thioether (sulfide) groups is 2. The summed E-state index contributed by atoms with van der Waals surface area (Å²) in [6.07, 6.45) is 0. The van der Waals surface area contributed by atoms with Gasteiger partial charge in [0.05, 0.1) is 12.4 Å². The summed E-state index contributed by atoms with van der Waals surface area (Å²) >= 11 is 2.97. The third-order valence-electron chi connectivity index (χ3n) is 4.13. The summed E-state index contributed by atoms with van der Waals surface area (Å²) in [5.41, 5.74) is 2.07. The normalized spacial score (nSPS) is 10.7. The smallest absolute Gasteiger partial charge is 0.230 e. The van der Waals surface area contributed by atoms with Crippen LogP contribution in [0.15, 0.2) is 58.6 Å². The number of benzene rings is 2. The molecule has 0 unspecified atom stereocenters. The number of nitrogens with two attached hydrogens (primary N) is 1. The van der Waals surface area contributed by atoms with E-state index in [1.165, 1.54) is 26.9 Å². The zero-order valence-electron chi connectivity index (χ0n) is 17.0. The minimum absolute atomic E-state index is 0.0601. The van der Waals surface area contributed by atoms with E-state index in [0.717, 1.165) is 17.1 Å². The van der Waals surface area contributed by atoms with Gasteiger partial charge in [0, 0.05) is 22.8 Å². The van der Waals surface area contributed by atoms with Gasteiger partial charge in [-0.15, -0.1) is 22.0 Å². The fourth-order valence-electron chi connectivity index (χ4n) is 2.61. The maximum absolute atomic E-state index is 12.1. The molecule has 0 radical (unpaired) electrons. The lowest BCUT2D eigenvalue weighted by Crippen LogP contribution is -2.27. The predicted molar refractivity (Wildman–Crippen MR) is 122 cm³/mol. The minimum Gasteiger partial charge on any atom is -0.494 e. The van der Waals surface area contributed by atoms with Crippen LogP contribution < -0.4 is 15.9 Å². The molecule has 0 aliphatic carbocycles.